The fourth-order valence-corrected chi connectivity index (χ4v) is 5.48. The van der Waals surface area contributed by atoms with E-state index in [2.05, 4.69) is 39.8 Å². The van der Waals surface area contributed by atoms with Gasteiger partial charge in [0.2, 0.25) is 0 Å². The molecule has 0 spiro atoms. The average Bonchev–Trinajstić information content (AvgIpc) is 3.59. The molecule has 3 aliphatic rings. The second-order valence-electron chi connectivity index (χ2n) is 11.8. The fraction of sp³-hybridized carbons (Fsp3) is 0.344. The summed E-state index contributed by atoms with van der Waals surface area (Å²) < 4.78 is 12.5. The Kier molecular flexibility index (Phi) is 6.62. The van der Waals surface area contributed by atoms with E-state index in [1.54, 1.807) is 0 Å². The lowest BCUT2D eigenvalue weighted by atomic mass is 9.78. The van der Waals surface area contributed by atoms with Gasteiger partial charge in [-0.2, -0.15) is 0 Å². The minimum atomic E-state index is -0.490. The largest absolute Gasteiger partial charge is 0.494 e. The van der Waals surface area contributed by atoms with Crippen LogP contribution in [0.2, 0.25) is 0 Å². The van der Waals surface area contributed by atoms with Crippen LogP contribution >= 0.6 is 0 Å². The van der Waals surface area contributed by atoms with Crippen LogP contribution < -0.4 is 16.1 Å². The van der Waals surface area contributed by atoms with Crippen molar-refractivity contribution < 1.29 is 14.1 Å². The minimum absolute atomic E-state index is 0.131. The number of benzene rings is 3. The van der Waals surface area contributed by atoms with Gasteiger partial charge in [0.1, 0.15) is 0 Å². The lowest BCUT2D eigenvalue weighted by molar-refractivity contribution is -0.110. The zero-order valence-corrected chi connectivity index (χ0v) is 23.2. The summed E-state index contributed by atoms with van der Waals surface area (Å²) in [7, 11) is -0.490. The highest BCUT2D eigenvalue weighted by molar-refractivity contribution is 6.62. The third-order valence-corrected chi connectivity index (χ3v) is 8.45. The number of fused-ring (bicyclic) bond motifs is 1. The van der Waals surface area contributed by atoms with Crippen molar-refractivity contribution in [1.82, 2.24) is 4.90 Å². The number of rotatable bonds is 6. The number of hydrogen-bond acceptors (Lipinski definition) is 5. The Morgan fingerprint density at radius 3 is 2.26 bits per heavy atom. The number of amides is 1. The van der Waals surface area contributed by atoms with Crippen LogP contribution in [0.5, 0.6) is 0 Å². The van der Waals surface area contributed by atoms with Crippen LogP contribution in [0.4, 0.5) is 11.4 Å². The highest BCUT2D eigenvalue weighted by Gasteiger charge is 2.52. The molecule has 3 aromatic rings. The Labute approximate surface area is 231 Å². The lowest BCUT2D eigenvalue weighted by Gasteiger charge is -2.32. The van der Waals surface area contributed by atoms with Crippen molar-refractivity contribution in [2.24, 2.45) is 0 Å². The number of anilines is 2. The predicted molar refractivity (Wildman–Crippen MR) is 159 cm³/mol. The molecule has 0 aliphatic carbocycles. The minimum Gasteiger partial charge on any atom is -0.399 e. The van der Waals surface area contributed by atoms with Crippen molar-refractivity contribution in [3.8, 4) is 0 Å². The van der Waals surface area contributed by atoms with Crippen molar-refractivity contribution in [1.29, 1.82) is 0 Å². The first-order valence-corrected chi connectivity index (χ1v) is 13.9. The van der Waals surface area contributed by atoms with Gasteiger partial charge in [0.05, 0.1) is 22.5 Å². The van der Waals surface area contributed by atoms with Gasteiger partial charge in [-0.05, 0) is 88.4 Å². The van der Waals surface area contributed by atoms with Gasteiger partial charge < -0.3 is 19.9 Å². The maximum Gasteiger partial charge on any atom is 0.494 e. The Bertz CT molecular complexity index is 1390. The van der Waals surface area contributed by atoms with Gasteiger partial charge in [-0.15, -0.1) is 0 Å². The van der Waals surface area contributed by atoms with Gasteiger partial charge in [0.25, 0.3) is 5.91 Å². The highest BCUT2D eigenvalue weighted by Crippen LogP contribution is 2.39. The zero-order valence-electron chi connectivity index (χ0n) is 23.2. The molecule has 3 heterocycles. The molecule has 0 aromatic heterocycles. The summed E-state index contributed by atoms with van der Waals surface area (Å²) in [5, 5.41) is 6.66. The van der Waals surface area contributed by atoms with E-state index in [0.29, 0.717) is 5.57 Å². The van der Waals surface area contributed by atoms with Gasteiger partial charge in [-0.1, -0.05) is 54.6 Å². The van der Waals surface area contributed by atoms with Gasteiger partial charge in [0.15, 0.2) is 0 Å². The number of carbonyl (C=O) groups excluding carboxylic acids is 1. The summed E-state index contributed by atoms with van der Waals surface area (Å²) in [5.41, 5.74) is 6.25. The Hall–Kier alpha value is -3.39. The zero-order chi connectivity index (χ0) is 27.2. The maximum atomic E-state index is 13.4. The van der Waals surface area contributed by atoms with Crippen molar-refractivity contribution >= 4 is 41.1 Å². The third-order valence-electron chi connectivity index (χ3n) is 8.45. The number of hydrogen-bond donors (Lipinski definition) is 2. The number of nitrogens with one attached hydrogen (secondary N) is 2. The van der Waals surface area contributed by atoms with Gasteiger partial charge in [0, 0.05) is 23.5 Å². The molecule has 0 saturated carbocycles. The number of nitrogens with zero attached hydrogens (tertiary/aromatic N) is 1. The van der Waals surface area contributed by atoms with E-state index in [-0.39, 0.29) is 5.91 Å². The average molecular weight is 521 g/mol. The van der Waals surface area contributed by atoms with Gasteiger partial charge >= 0.3 is 7.12 Å². The molecule has 200 valence electrons. The molecule has 2 fully saturated rings. The molecule has 2 saturated heterocycles. The summed E-state index contributed by atoms with van der Waals surface area (Å²) in [6.07, 6.45) is 2.57. The molecule has 1 amide bonds. The fourth-order valence-electron chi connectivity index (χ4n) is 5.48. The summed E-state index contributed by atoms with van der Waals surface area (Å²) in [5.74, 6) is -0.131. The van der Waals surface area contributed by atoms with Gasteiger partial charge in [-0.3, -0.25) is 9.69 Å². The van der Waals surface area contributed by atoms with Crippen LogP contribution in [-0.2, 0) is 20.6 Å². The second kappa shape index (κ2) is 9.98. The first-order chi connectivity index (χ1) is 18.7. The second-order valence-corrected chi connectivity index (χ2v) is 11.8. The van der Waals surface area contributed by atoms with Crippen LogP contribution in [0, 0.1) is 0 Å². The first-order valence-electron chi connectivity index (χ1n) is 13.9. The molecule has 39 heavy (non-hydrogen) atoms. The van der Waals surface area contributed by atoms with Gasteiger partial charge in [-0.25, -0.2) is 0 Å². The molecule has 6 rings (SSSR count). The molecule has 0 bridgehead atoms. The smallest absolute Gasteiger partial charge is 0.399 e. The summed E-state index contributed by atoms with van der Waals surface area (Å²) >= 11 is 0. The van der Waals surface area contributed by atoms with E-state index in [0.717, 1.165) is 40.2 Å². The monoisotopic (exact) mass is 521 g/mol. The quantitative estimate of drug-likeness (QED) is 0.331. The molecule has 3 aromatic carbocycles. The van der Waals surface area contributed by atoms with E-state index in [1.165, 1.54) is 31.5 Å². The highest BCUT2D eigenvalue weighted by atomic mass is 16.7. The van der Waals surface area contributed by atoms with E-state index in [4.69, 9.17) is 9.31 Å². The molecule has 0 radical (unpaired) electrons. The standard InChI is InChI=1S/C32H36BN3O3/c1-31(2)32(3,4)39-33(38-31)24-14-17-26-27(20-24)35-30(37)28(26)29(23-10-6-5-7-11-23)34-25-15-12-22(13-16-25)21-36-18-8-9-19-36/h5-7,10-17,20,34H,8-9,18-19,21H2,1-4H3,(H,35,37)/b29-28-. The van der Waals surface area contributed by atoms with Crippen LogP contribution in [0.3, 0.4) is 0 Å². The topological polar surface area (TPSA) is 62.8 Å². The van der Waals surface area contributed by atoms with E-state index in [9.17, 15) is 4.79 Å². The molecular weight excluding hydrogens is 485 g/mol. The summed E-state index contributed by atoms with van der Waals surface area (Å²) in [6.45, 7) is 11.5. The first kappa shape index (κ1) is 25.9. The lowest BCUT2D eigenvalue weighted by Crippen LogP contribution is -2.41. The maximum absolute atomic E-state index is 13.4. The normalized spacial score (nSPS) is 21.1. The number of likely N-dealkylation sites (tertiary alicyclic amines) is 1. The van der Waals surface area contributed by atoms with Crippen molar-refractivity contribution in [3.63, 3.8) is 0 Å². The molecule has 2 N–H and O–H groups in total. The Morgan fingerprint density at radius 1 is 0.923 bits per heavy atom. The van der Waals surface area contributed by atoms with E-state index < -0.39 is 18.3 Å². The Morgan fingerprint density at radius 2 is 1.59 bits per heavy atom. The van der Waals surface area contributed by atoms with E-state index in [1.807, 2.05) is 76.2 Å². The predicted octanol–water partition coefficient (Wildman–Crippen LogP) is 5.51. The Balaban J connectivity index is 1.33. The summed E-state index contributed by atoms with van der Waals surface area (Å²) in [4.78, 5) is 15.9. The summed E-state index contributed by atoms with van der Waals surface area (Å²) in [6, 6.07) is 24.5. The molecule has 0 atom stereocenters. The molecule has 7 heteroatoms. The van der Waals surface area contributed by atoms with Crippen LogP contribution in [0.15, 0.2) is 72.8 Å². The van der Waals surface area contributed by atoms with Crippen LogP contribution in [0.1, 0.15) is 57.2 Å². The molecule has 6 nitrogen and oxygen atoms in total. The van der Waals surface area contributed by atoms with Crippen LogP contribution in [0.25, 0.3) is 11.3 Å². The van der Waals surface area contributed by atoms with Crippen molar-refractivity contribution in [2.75, 3.05) is 23.7 Å². The third kappa shape index (κ3) is 5.02. The molecule has 3 aliphatic heterocycles. The van der Waals surface area contributed by atoms with Crippen molar-refractivity contribution in [2.45, 2.75) is 58.3 Å². The van der Waals surface area contributed by atoms with Crippen molar-refractivity contribution in [3.05, 3.63) is 89.5 Å². The molecular formula is C32H36BN3O3. The number of carbonyl (C=O) groups is 1. The van der Waals surface area contributed by atoms with E-state index >= 15 is 0 Å². The SMILES string of the molecule is CC1(C)OB(c2ccc3c(c2)NC(=O)/C3=C(\Nc2ccc(CN3CCCC3)cc2)c2ccccc2)OC1(C)C. The van der Waals surface area contributed by atoms with Crippen LogP contribution in [-0.4, -0.2) is 42.2 Å². The molecule has 0 unspecified atom stereocenters.